The Morgan fingerprint density at radius 2 is 1.93 bits per heavy atom. The minimum Gasteiger partial charge on any atom is -0.460 e. The number of carbonyl (C=O) groups excluding carboxylic acids is 1. The highest BCUT2D eigenvalue weighted by atomic mass is 31.2. The van der Waals surface area contributed by atoms with E-state index in [1.165, 1.54) is 6.08 Å². The SMILES string of the molecule is CC(C)=CC(=O)OCCOP(=O)(O)O. The Bertz CT molecular complexity index is 261. The molecule has 0 atom stereocenters. The summed E-state index contributed by atoms with van der Waals surface area (Å²) >= 11 is 0. The van der Waals surface area contributed by atoms with Crippen molar-refractivity contribution in [3.63, 3.8) is 0 Å². The molecule has 0 aliphatic heterocycles. The molecule has 0 amide bonds. The number of phosphoric ester groups is 1. The lowest BCUT2D eigenvalue weighted by atomic mass is 10.3. The van der Waals surface area contributed by atoms with Crippen LogP contribution >= 0.6 is 7.82 Å². The molecule has 0 aromatic carbocycles. The Kier molecular flexibility index (Phi) is 5.64. The van der Waals surface area contributed by atoms with Gasteiger partial charge in [0.15, 0.2) is 0 Å². The van der Waals surface area contributed by atoms with Gasteiger partial charge in [-0.2, -0.15) is 0 Å². The van der Waals surface area contributed by atoms with Crippen LogP contribution in [-0.4, -0.2) is 29.0 Å². The van der Waals surface area contributed by atoms with Crippen molar-refractivity contribution < 1.29 is 28.4 Å². The molecule has 0 spiro atoms. The van der Waals surface area contributed by atoms with Crippen molar-refractivity contribution in [2.24, 2.45) is 0 Å². The highest BCUT2D eigenvalue weighted by Gasteiger charge is 2.13. The van der Waals surface area contributed by atoms with E-state index in [0.29, 0.717) is 0 Å². The number of hydrogen-bond donors (Lipinski definition) is 2. The highest BCUT2D eigenvalue weighted by Crippen LogP contribution is 2.35. The molecular formula is C7H13O6P. The van der Waals surface area contributed by atoms with Crippen molar-refractivity contribution in [2.45, 2.75) is 13.8 Å². The van der Waals surface area contributed by atoms with Gasteiger partial charge < -0.3 is 14.5 Å². The Balaban J connectivity index is 3.61. The van der Waals surface area contributed by atoms with E-state index in [0.717, 1.165) is 5.57 Å². The number of rotatable bonds is 5. The van der Waals surface area contributed by atoms with E-state index >= 15 is 0 Å². The zero-order chi connectivity index (χ0) is 11.2. The molecule has 7 heteroatoms. The number of esters is 1. The molecule has 0 saturated heterocycles. The summed E-state index contributed by atoms with van der Waals surface area (Å²) in [5.41, 5.74) is 0.783. The molecule has 0 aromatic heterocycles. The van der Waals surface area contributed by atoms with E-state index in [1.54, 1.807) is 13.8 Å². The first kappa shape index (κ1) is 13.3. The lowest BCUT2D eigenvalue weighted by Crippen LogP contribution is -2.07. The first-order valence-corrected chi connectivity index (χ1v) is 5.36. The number of allylic oxidation sites excluding steroid dienone is 1. The van der Waals surface area contributed by atoms with Crippen LogP contribution in [0.5, 0.6) is 0 Å². The average Bonchev–Trinajstić information content (AvgIpc) is 1.95. The molecule has 0 heterocycles. The molecular weight excluding hydrogens is 211 g/mol. The van der Waals surface area contributed by atoms with E-state index in [1.807, 2.05) is 0 Å². The lowest BCUT2D eigenvalue weighted by Gasteiger charge is -2.04. The van der Waals surface area contributed by atoms with Gasteiger partial charge in [-0.3, -0.25) is 4.52 Å². The zero-order valence-corrected chi connectivity index (χ0v) is 8.86. The Hall–Kier alpha value is -0.680. The second kappa shape index (κ2) is 5.93. The first-order chi connectivity index (χ1) is 6.31. The quantitative estimate of drug-likeness (QED) is 0.307. The van der Waals surface area contributed by atoms with Crippen molar-refractivity contribution in [2.75, 3.05) is 13.2 Å². The van der Waals surface area contributed by atoms with Crippen molar-refractivity contribution >= 4 is 13.8 Å². The van der Waals surface area contributed by atoms with Crippen LogP contribution in [0.25, 0.3) is 0 Å². The smallest absolute Gasteiger partial charge is 0.460 e. The molecule has 82 valence electrons. The molecule has 0 unspecified atom stereocenters. The summed E-state index contributed by atoms with van der Waals surface area (Å²) in [6.45, 7) is 2.95. The fourth-order valence-corrected chi connectivity index (χ4v) is 0.888. The Morgan fingerprint density at radius 1 is 1.36 bits per heavy atom. The Morgan fingerprint density at radius 3 is 2.36 bits per heavy atom. The van der Waals surface area contributed by atoms with Gasteiger partial charge in [0.05, 0.1) is 6.61 Å². The van der Waals surface area contributed by atoms with E-state index < -0.39 is 13.8 Å². The monoisotopic (exact) mass is 224 g/mol. The van der Waals surface area contributed by atoms with Crippen molar-refractivity contribution in [1.82, 2.24) is 0 Å². The number of phosphoric acid groups is 1. The topological polar surface area (TPSA) is 93.1 Å². The third kappa shape index (κ3) is 9.41. The zero-order valence-electron chi connectivity index (χ0n) is 7.97. The van der Waals surface area contributed by atoms with Gasteiger partial charge in [-0.25, -0.2) is 9.36 Å². The van der Waals surface area contributed by atoms with Crippen LogP contribution in [0.2, 0.25) is 0 Å². The molecule has 14 heavy (non-hydrogen) atoms. The maximum Gasteiger partial charge on any atom is 0.469 e. The second-order valence-electron chi connectivity index (χ2n) is 2.71. The molecule has 0 saturated carbocycles. The van der Waals surface area contributed by atoms with E-state index in [9.17, 15) is 9.36 Å². The summed E-state index contributed by atoms with van der Waals surface area (Å²) in [4.78, 5) is 27.4. The van der Waals surface area contributed by atoms with Gasteiger partial charge in [0.1, 0.15) is 6.61 Å². The molecule has 0 fully saturated rings. The summed E-state index contributed by atoms with van der Waals surface area (Å²) in [6.07, 6.45) is 1.28. The average molecular weight is 224 g/mol. The largest absolute Gasteiger partial charge is 0.469 e. The maximum atomic E-state index is 10.8. The van der Waals surface area contributed by atoms with Crippen molar-refractivity contribution in [3.8, 4) is 0 Å². The van der Waals surface area contributed by atoms with Crippen LogP contribution in [-0.2, 0) is 18.6 Å². The molecule has 0 rings (SSSR count). The molecule has 0 aliphatic carbocycles. The van der Waals surface area contributed by atoms with Crippen LogP contribution in [0.3, 0.4) is 0 Å². The van der Waals surface area contributed by atoms with Crippen LogP contribution in [0, 0.1) is 0 Å². The minimum absolute atomic E-state index is 0.187. The number of carbonyl (C=O) groups is 1. The Labute approximate surface area is 81.8 Å². The molecule has 6 nitrogen and oxygen atoms in total. The van der Waals surface area contributed by atoms with Crippen LogP contribution in [0.4, 0.5) is 0 Å². The predicted octanol–water partition coefficient (Wildman–Crippen LogP) is 0.605. The summed E-state index contributed by atoms with van der Waals surface area (Å²) in [6, 6.07) is 0. The van der Waals surface area contributed by atoms with Crippen LogP contribution in [0.1, 0.15) is 13.8 Å². The number of ether oxygens (including phenoxy) is 1. The maximum absolute atomic E-state index is 10.8. The van der Waals surface area contributed by atoms with Gasteiger partial charge in [0.2, 0.25) is 0 Å². The molecule has 0 aromatic rings. The van der Waals surface area contributed by atoms with Gasteiger partial charge in [0.25, 0.3) is 0 Å². The molecule has 0 bridgehead atoms. The van der Waals surface area contributed by atoms with Crippen molar-refractivity contribution in [3.05, 3.63) is 11.6 Å². The highest BCUT2D eigenvalue weighted by molar-refractivity contribution is 7.46. The number of hydrogen-bond acceptors (Lipinski definition) is 4. The molecule has 0 radical (unpaired) electrons. The fourth-order valence-electron chi connectivity index (χ4n) is 0.576. The standard InChI is InChI=1S/C7H13O6P/c1-6(2)5-7(8)12-3-4-13-14(9,10)11/h5H,3-4H2,1-2H3,(H2,9,10,11). The van der Waals surface area contributed by atoms with Gasteiger partial charge in [0, 0.05) is 6.08 Å². The minimum atomic E-state index is -4.46. The fraction of sp³-hybridized carbons (Fsp3) is 0.571. The summed E-state index contributed by atoms with van der Waals surface area (Å²) in [5, 5.41) is 0. The summed E-state index contributed by atoms with van der Waals surface area (Å²) in [5.74, 6) is -0.556. The van der Waals surface area contributed by atoms with Gasteiger partial charge >= 0.3 is 13.8 Å². The summed E-state index contributed by atoms with van der Waals surface area (Å²) in [7, 11) is -4.46. The first-order valence-electron chi connectivity index (χ1n) is 3.83. The third-order valence-corrected chi connectivity index (χ3v) is 1.51. The van der Waals surface area contributed by atoms with Crippen LogP contribution in [0.15, 0.2) is 11.6 Å². The van der Waals surface area contributed by atoms with Gasteiger partial charge in [-0.05, 0) is 13.8 Å². The van der Waals surface area contributed by atoms with Crippen molar-refractivity contribution in [1.29, 1.82) is 0 Å². The van der Waals surface area contributed by atoms with E-state index in [2.05, 4.69) is 9.26 Å². The normalized spacial score (nSPS) is 10.9. The van der Waals surface area contributed by atoms with Gasteiger partial charge in [-0.1, -0.05) is 5.57 Å². The van der Waals surface area contributed by atoms with Crippen LogP contribution < -0.4 is 0 Å². The summed E-state index contributed by atoms with van der Waals surface area (Å²) < 4.78 is 18.8. The molecule has 2 N–H and O–H groups in total. The predicted molar refractivity (Wildman–Crippen MR) is 48.4 cm³/mol. The third-order valence-electron chi connectivity index (χ3n) is 0.994. The van der Waals surface area contributed by atoms with E-state index in [4.69, 9.17) is 9.79 Å². The second-order valence-corrected chi connectivity index (χ2v) is 3.95. The van der Waals surface area contributed by atoms with Gasteiger partial charge in [-0.15, -0.1) is 0 Å². The lowest BCUT2D eigenvalue weighted by molar-refractivity contribution is -0.138. The van der Waals surface area contributed by atoms with E-state index in [-0.39, 0.29) is 13.2 Å². The molecule has 0 aliphatic rings.